The van der Waals surface area contributed by atoms with Crippen LogP contribution in [0.2, 0.25) is 5.02 Å². The fourth-order valence-electron chi connectivity index (χ4n) is 4.37. The van der Waals surface area contributed by atoms with Crippen LogP contribution in [0.1, 0.15) is 50.5 Å². The van der Waals surface area contributed by atoms with Crippen LogP contribution in [0.15, 0.2) is 30.3 Å². The Morgan fingerprint density at radius 1 is 1.29 bits per heavy atom. The number of halogens is 1. The number of ether oxygens (including phenoxy) is 1. The third-order valence-corrected chi connectivity index (χ3v) is 6.82. The lowest BCUT2D eigenvalue weighted by Crippen LogP contribution is -2.50. The van der Waals surface area contributed by atoms with Crippen LogP contribution in [-0.4, -0.2) is 42.1 Å². The average molecular weight is 485 g/mol. The van der Waals surface area contributed by atoms with E-state index in [-0.39, 0.29) is 30.4 Å². The van der Waals surface area contributed by atoms with Gasteiger partial charge in [-0.15, -0.1) is 0 Å². The zero-order chi connectivity index (χ0) is 24.1. The SMILES string of the molecule is N#C[C@H](C[C@@H]1CC2(CC2)NC1=O)NC(=O)[C@H](CC1CC1)NC(=O)OC/C=C/c1cccc(Cl)c1. The van der Waals surface area contributed by atoms with Crippen molar-refractivity contribution in [3.63, 3.8) is 0 Å². The summed E-state index contributed by atoms with van der Waals surface area (Å²) in [7, 11) is 0. The molecule has 0 radical (unpaired) electrons. The van der Waals surface area contributed by atoms with Gasteiger partial charge in [0.05, 0.1) is 6.07 Å². The van der Waals surface area contributed by atoms with Crippen LogP contribution in [0.4, 0.5) is 4.79 Å². The Labute approximate surface area is 204 Å². The number of carbonyl (C=O) groups is 3. The molecule has 3 atom stereocenters. The van der Waals surface area contributed by atoms with Gasteiger partial charge in [-0.1, -0.05) is 42.7 Å². The van der Waals surface area contributed by atoms with Crippen molar-refractivity contribution < 1.29 is 19.1 Å². The molecule has 3 fully saturated rings. The number of nitriles is 1. The highest BCUT2D eigenvalue weighted by molar-refractivity contribution is 6.30. The minimum Gasteiger partial charge on any atom is -0.445 e. The van der Waals surface area contributed by atoms with Gasteiger partial charge < -0.3 is 20.7 Å². The molecule has 0 aromatic heterocycles. The first-order valence-corrected chi connectivity index (χ1v) is 12.1. The van der Waals surface area contributed by atoms with Gasteiger partial charge in [0.15, 0.2) is 0 Å². The largest absolute Gasteiger partial charge is 0.445 e. The monoisotopic (exact) mass is 484 g/mol. The Bertz CT molecular complexity index is 1010. The summed E-state index contributed by atoms with van der Waals surface area (Å²) in [6, 6.07) is 7.78. The van der Waals surface area contributed by atoms with Crippen LogP contribution >= 0.6 is 11.6 Å². The Hall–Kier alpha value is -3.05. The topological polar surface area (TPSA) is 120 Å². The zero-order valence-electron chi connectivity index (χ0n) is 18.9. The Morgan fingerprint density at radius 3 is 2.74 bits per heavy atom. The normalized spacial score (nSPS) is 22.0. The van der Waals surface area contributed by atoms with Crippen LogP contribution < -0.4 is 16.0 Å². The molecule has 4 rings (SSSR count). The minimum absolute atomic E-state index is 0.0372. The van der Waals surface area contributed by atoms with Crippen LogP contribution in [-0.2, 0) is 14.3 Å². The zero-order valence-corrected chi connectivity index (χ0v) is 19.6. The van der Waals surface area contributed by atoms with Crippen molar-refractivity contribution in [3.8, 4) is 6.07 Å². The Morgan fingerprint density at radius 2 is 2.09 bits per heavy atom. The van der Waals surface area contributed by atoms with Crippen molar-refractivity contribution in [2.24, 2.45) is 11.8 Å². The molecule has 1 heterocycles. The van der Waals surface area contributed by atoms with Crippen molar-refractivity contribution in [1.29, 1.82) is 5.26 Å². The van der Waals surface area contributed by atoms with Gasteiger partial charge in [0.25, 0.3) is 0 Å². The molecule has 8 nitrogen and oxygen atoms in total. The lowest BCUT2D eigenvalue weighted by Gasteiger charge is -2.21. The van der Waals surface area contributed by atoms with Gasteiger partial charge in [-0.05, 0) is 61.8 Å². The van der Waals surface area contributed by atoms with Gasteiger partial charge in [-0.3, -0.25) is 9.59 Å². The van der Waals surface area contributed by atoms with Crippen LogP contribution in [0.25, 0.3) is 6.08 Å². The first-order valence-electron chi connectivity index (χ1n) is 11.7. The maximum Gasteiger partial charge on any atom is 0.408 e. The van der Waals surface area contributed by atoms with Crippen LogP contribution in [0.3, 0.4) is 0 Å². The van der Waals surface area contributed by atoms with Gasteiger partial charge in [-0.2, -0.15) is 5.26 Å². The molecule has 34 heavy (non-hydrogen) atoms. The van der Waals surface area contributed by atoms with Crippen molar-refractivity contribution in [3.05, 3.63) is 40.9 Å². The lowest BCUT2D eigenvalue weighted by atomic mass is 9.96. The van der Waals surface area contributed by atoms with E-state index < -0.39 is 24.1 Å². The Kier molecular flexibility index (Phi) is 7.42. The minimum atomic E-state index is -0.794. The molecular weight excluding hydrogens is 456 g/mol. The highest BCUT2D eigenvalue weighted by Gasteiger charge is 2.52. The highest BCUT2D eigenvalue weighted by Crippen LogP contribution is 2.46. The molecule has 0 bridgehead atoms. The van der Waals surface area contributed by atoms with Crippen molar-refractivity contribution >= 4 is 35.6 Å². The van der Waals surface area contributed by atoms with Gasteiger partial charge in [0.2, 0.25) is 11.8 Å². The van der Waals surface area contributed by atoms with E-state index in [4.69, 9.17) is 16.3 Å². The summed E-state index contributed by atoms with van der Waals surface area (Å²) in [5.41, 5.74) is 0.806. The molecule has 180 valence electrons. The second-order valence-electron chi connectivity index (χ2n) is 9.53. The molecule has 1 aliphatic heterocycles. The van der Waals surface area contributed by atoms with E-state index in [0.717, 1.165) is 31.2 Å². The number of rotatable bonds is 10. The second kappa shape index (κ2) is 10.5. The number of hydrogen-bond donors (Lipinski definition) is 3. The number of alkyl carbamates (subject to hydrolysis) is 1. The van der Waals surface area contributed by atoms with Crippen LogP contribution in [0, 0.1) is 23.2 Å². The van der Waals surface area contributed by atoms with Gasteiger partial charge in [-0.25, -0.2) is 4.79 Å². The first kappa shape index (κ1) is 24.1. The molecule has 3 amide bonds. The molecule has 9 heteroatoms. The average Bonchev–Trinajstić information content (AvgIpc) is 3.72. The first-order chi connectivity index (χ1) is 16.4. The lowest BCUT2D eigenvalue weighted by molar-refractivity contribution is -0.125. The van der Waals surface area contributed by atoms with Gasteiger partial charge >= 0.3 is 6.09 Å². The Balaban J connectivity index is 1.26. The summed E-state index contributed by atoms with van der Waals surface area (Å²) in [5.74, 6) is -0.383. The molecule has 1 aromatic rings. The van der Waals surface area contributed by atoms with E-state index in [1.165, 1.54) is 0 Å². The second-order valence-corrected chi connectivity index (χ2v) is 9.96. The molecule has 3 aliphatic rings. The van der Waals surface area contributed by atoms with E-state index >= 15 is 0 Å². The number of nitrogens with one attached hydrogen (secondary N) is 3. The van der Waals surface area contributed by atoms with Crippen molar-refractivity contribution in [2.45, 2.75) is 62.6 Å². The number of benzene rings is 1. The van der Waals surface area contributed by atoms with Gasteiger partial charge in [0, 0.05) is 16.5 Å². The highest BCUT2D eigenvalue weighted by atomic mass is 35.5. The van der Waals surface area contributed by atoms with Gasteiger partial charge in [0.1, 0.15) is 18.7 Å². The predicted octanol–water partition coefficient (Wildman–Crippen LogP) is 3.32. The number of nitrogens with zero attached hydrogens (tertiary/aromatic N) is 1. The fraction of sp³-hybridized carbons (Fsp3) is 0.520. The maximum atomic E-state index is 12.9. The molecular formula is C25H29ClN4O4. The summed E-state index contributed by atoms with van der Waals surface area (Å²) in [5, 5.41) is 18.5. The smallest absolute Gasteiger partial charge is 0.408 e. The molecule has 1 saturated heterocycles. The number of carbonyl (C=O) groups excluding carboxylic acids is 3. The number of amides is 3. The molecule has 0 unspecified atom stereocenters. The molecule has 2 aliphatic carbocycles. The standard InChI is InChI=1S/C25H29ClN4O4/c26-19-5-1-3-16(11-19)4-2-10-34-24(33)29-21(12-17-6-7-17)23(32)28-20(15-27)13-18-14-25(8-9-25)30-22(18)31/h1-5,11,17-18,20-21H,6-10,12-14H2,(H,28,32)(H,29,33)(H,30,31)/b4-2+/t18-,20+,21+/m1/s1. The summed E-state index contributed by atoms with van der Waals surface area (Å²) in [4.78, 5) is 37.4. The molecule has 3 N–H and O–H groups in total. The van der Waals surface area contributed by atoms with E-state index in [9.17, 15) is 19.6 Å². The molecule has 1 spiro atoms. The third-order valence-electron chi connectivity index (χ3n) is 6.59. The van der Waals surface area contributed by atoms with E-state index in [2.05, 4.69) is 22.0 Å². The third kappa shape index (κ3) is 6.73. The van der Waals surface area contributed by atoms with E-state index in [1.54, 1.807) is 24.3 Å². The van der Waals surface area contributed by atoms with Crippen molar-refractivity contribution in [2.75, 3.05) is 6.61 Å². The summed E-state index contributed by atoms with van der Waals surface area (Å²) in [6.07, 6.45) is 8.21. The number of hydrogen-bond acceptors (Lipinski definition) is 5. The summed E-state index contributed by atoms with van der Waals surface area (Å²) in [6.45, 7) is 0.0372. The van der Waals surface area contributed by atoms with Crippen LogP contribution in [0.5, 0.6) is 0 Å². The van der Waals surface area contributed by atoms with Crippen molar-refractivity contribution in [1.82, 2.24) is 16.0 Å². The van der Waals surface area contributed by atoms with E-state index in [0.29, 0.717) is 23.8 Å². The summed E-state index contributed by atoms with van der Waals surface area (Å²) >= 11 is 5.95. The maximum absolute atomic E-state index is 12.9. The fourth-order valence-corrected chi connectivity index (χ4v) is 4.57. The molecule has 2 saturated carbocycles. The quantitative estimate of drug-likeness (QED) is 0.470. The van der Waals surface area contributed by atoms with E-state index in [1.807, 2.05) is 12.1 Å². The summed E-state index contributed by atoms with van der Waals surface area (Å²) < 4.78 is 5.19. The predicted molar refractivity (Wildman–Crippen MR) is 126 cm³/mol. The molecule has 1 aromatic carbocycles.